The van der Waals surface area contributed by atoms with E-state index in [0.29, 0.717) is 26.2 Å². The molecule has 6 heteroatoms. The fourth-order valence-electron chi connectivity index (χ4n) is 2.89. The van der Waals surface area contributed by atoms with Crippen molar-refractivity contribution in [2.24, 2.45) is 0 Å². The monoisotopic (exact) mass is 315 g/mol. The van der Waals surface area contributed by atoms with Crippen LogP contribution in [0.1, 0.15) is 39.5 Å². The average molecular weight is 315 g/mol. The molecule has 5 nitrogen and oxygen atoms in total. The first kappa shape index (κ1) is 16.9. The SMILES string of the molecule is CC(C)=CCN1CCN(S(=O)(=O)N2CCCCCC2)CC1. The van der Waals surface area contributed by atoms with Gasteiger partial charge in [-0.05, 0) is 26.7 Å². The minimum Gasteiger partial charge on any atom is -0.297 e. The standard InChI is InChI=1S/C15H29N3O2S/c1-15(2)7-10-16-11-13-18(14-12-16)21(19,20)17-8-5-3-4-6-9-17/h7H,3-6,8-14H2,1-2H3. The van der Waals surface area contributed by atoms with Gasteiger partial charge < -0.3 is 0 Å². The third-order valence-corrected chi connectivity index (χ3v) is 6.34. The molecule has 2 aliphatic heterocycles. The van der Waals surface area contributed by atoms with Crippen LogP contribution in [0.4, 0.5) is 0 Å². The zero-order valence-electron chi connectivity index (χ0n) is 13.4. The van der Waals surface area contributed by atoms with E-state index in [2.05, 4.69) is 24.8 Å². The Hall–Kier alpha value is -0.430. The second-order valence-electron chi connectivity index (χ2n) is 6.30. The predicted molar refractivity (Wildman–Crippen MR) is 86.4 cm³/mol. The molecule has 0 aromatic carbocycles. The van der Waals surface area contributed by atoms with Crippen molar-refractivity contribution in [1.29, 1.82) is 0 Å². The van der Waals surface area contributed by atoms with Gasteiger partial charge in [-0.15, -0.1) is 0 Å². The summed E-state index contributed by atoms with van der Waals surface area (Å²) in [6.45, 7) is 9.42. The number of rotatable bonds is 4. The van der Waals surface area contributed by atoms with Crippen LogP contribution in [0.2, 0.25) is 0 Å². The molecule has 0 aliphatic carbocycles. The topological polar surface area (TPSA) is 43.9 Å². The largest absolute Gasteiger partial charge is 0.297 e. The lowest BCUT2D eigenvalue weighted by molar-refractivity contribution is 0.195. The van der Waals surface area contributed by atoms with Crippen LogP contribution in [0.25, 0.3) is 0 Å². The van der Waals surface area contributed by atoms with Crippen molar-refractivity contribution < 1.29 is 8.42 Å². The summed E-state index contributed by atoms with van der Waals surface area (Å²) in [4.78, 5) is 2.32. The first-order valence-electron chi connectivity index (χ1n) is 8.11. The van der Waals surface area contributed by atoms with Crippen LogP contribution in [0.15, 0.2) is 11.6 Å². The van der Waals surface area contributed by atoms with Gasteiger partial charge in [0.1, 0.15) is 0 Å². The van der Waals surface area contributed by atoms with Crippen molar-refractivity contribution in [2.75, 3.05) is 45.8 Å². The van der Waals surface area contributed by atoms with Gasteiger partial charge in [0.25, 0.3) is 10.2 Å². The smallest absolute Gasteiger partial charge is 0.282 e. The maximum atomic E-state index is 12.7. The molecular formula is C15H29N3O2S. The van der Waals surface area contributed by atoms with Crippen LogP contribution in [0.5, 0.6) is 0 Å². The Labute approximate surface area is 129 Å². The molecule has 0 spiro atoms. The Kier molecular flexibility index (Phi) is 6.22. The van der Waals surface area contributed by atoms with Gasteiger partial charge in [0, 0.05) is 45.8 Å². The molecule has 0 saturated carbocycles. The number of piperazine rings is 1. The third-order valence-electron chi connectivity index (χ3n) is 4.31. The molecular weight excluding hydrogens is 286 g/mol. The van der Waals surface area contributed by atoms with E-state index >= 15 is 0 Å². The first-order valence-corrected chi connectivity index (χ1v) is 9.51. The Morgan fingerprint density at radius 3 is 1.90 bits per heavy atom. The molecule has 0 aromatic rings. The molecule has 2 rings (SSSR count). The van der Waals surface area contributed by atoms with Crippen molar-refractivity contribution in [2.45, 2.75) is 39.5 Å². The molecule has 0 N–H and O–H groups in total. The van der Waals surface area contributed by atoms with Gasteiger partial charge in [-0.3, -0.25) is 4.90 Å². The van der Waals surface area contributed by atoms with E-state index in [4.69, 9.17) is 0 Å². The van der Waals surface area contributed by atoms with Crippen LogP contribution >= 0.6 is 0 Å². The number of hydrogen-bond acceptors (Lipinski definition) is 3. The average Bonchev–Trinajstić information content (AvgIpc) is 2.75. The van der Waals surface area contributed by atoms with Gasteiger partial charge in [-0.1, -0.05) is 24.5 Å². The summed E-state index contributed by atoms with van der Waals surface area (Å²) in [5.74, 6) is 0. The van der Waals surface area contributed by atoms with Gasteiger partial charge >= 0.3 is 0 Å². The van der Waals surface area contributed by atoms with E-state index in [-0.39, 0.29) is 0 Å². The normalized spacial score (nSPS) is 23.7. The van der Waals surface area contributed by atoms with E-state index in [1.807, 2.05) is 0 Å². The predicted octanol–water partition coefficient (Wildman–Crippen LogP) is 1.69. The maximum Gasteiger partial charge on any atom is 0.282 e. The molecule has 0 atom stereocenters. The van der Waals surface area contributed by atoms with Crippen LogP contribution in [0.3, 0.4) is 0 Å². The summed E-state index contributed by atoms with van der Waals surface area (Å²) in [6.07, 6.45) is 6.52. The number of allylic oxidation sites excluding steroid dienone is 1. The molecule has 2 heterocycles. The molecule has 2 saturated heterocycles. The molecule has 2 fully saturated rings. The summed E-state index contributed by atoms with van der Waals surface area (Å²) in [5.41, 5.74) is 1.31. The highest BCUT2D eigenvalue weighted by molar-refractivity contribution is 7.86. The van der Waals surface area contributed by atoms with Crippen molar-refractivity contribution in [3.8, 4) is 0 Å². The minimum absolute atomic E-state index is 0.620. The van der Waals surface area contributed by atoms with Gasteiger partial charge in [-0.2, -0.15) is 17.0 Å². The maximum absolute atomic E-state index is 12.7. The Morgan fingerprint density at radius 2 is 1.38 bits per heavy atom. The van der Waals surface area contributed by atoms with Crippen molar-refractivity contribution in [1.82, 2.24) is 13.5 Å². The van der Waals surface area contributed by atoms with E-state index in [1.54, 1.807) is 8.61 Å². The summed E-state index contributed by atoms with van der Waals surface area (Å²) < 4.78 is 28.8. The van der Waals surface area contributed by atoms with Crippen LogP contribution in [0, 0.1) is 0 Å². The fraction of sp³-hybridized carbons (Fsp3) is 0.867. The Morgan fingerprint density at radius 1 is 0.857 bits per heavy atom. The molecule has 0 bridgehead atoms. The second kappa shape index (κ2) is 7.72. The zero-order valence-corrected chi connectivity index (χ0v) is 14.2. The quantitative estimate of drug-likeness (QED) is 0.742. The third kappa shape index (κ3) is 4.77. The lowest BCUT2D eigenvalue weighted by atomic mass is 10.2. The molecule has 122 valence electrons. The van der Waals surface area contributed by atoms with Crippen molar-refractivity contribution >= 4 is 10.2 Å². The molecule has 21 heavy (non-hydrogen) atoms. The molecule has 0 amide bonds. The minimum atomic E-state index is -3.24. The number of nitrogens with zero attached hydrogens (tertiary/aromatic N) is 3. The number of hydrogen-bond donors (Lipinski definition) is 0. The Balaban J connectivity index is 1.89. The van der Waals surface area contributed by atoms with Crippen LogP contribution in [-0.2, 0) is 10.2 Å². The van der Waals surface area contributed by atoms with E-state index < -0.39 is 10.2 Å². The van der Waals surface area contributed by atoms with Gasteiger partial charge in [0.15, 0.2) is 0 Å². The van der Waals surface area contributed by atoms with Crippen LogP contribution in [-0.4, -0.2) is 67.7 Å². The summed E-state index contributed by atoms with van der Waals surface area (Å²) >= 11 is 0. The van der Waals surface area contributed by atoms with E-state index in [0.717, 1.165) is 45.3 Å². The summed E-state index contributed by atoms with van der Waals surface area (Å²) in [6, 6.07) is 0. The molecule has 0 aromatic heterocycles. The molecule has 0 radical (unpaired) electrons. The second-order valence-corrected chi connectivity index (χ2v) is 8.23. The highest BCUT2D eigenvalue weighted by Crippen LogP contribution is 2.17. The molecule has 0 unspecified atom stereocenters. The zero-order chi connectivity index (χ0) is 15.3. The van der Waals surface area contributed by atoms with Crippen molar-refractivity contribution in [3.05, 3.63) is 11.6 Å². The first-order chi connectivity index (χ1) is 10.00. The lowest BCUT2D eigenvalue weighted by Gasteiger charge is -2.36. The molecule has 2 aliphatic rings. The van der Waals surface area contributed by atoms with Gasteiger partial charge in [0.2, 0.25) is 0 Å². The lowest BCUT2D eigenvalue weighted by Crippen LogP contribution is -2.53. The van der Waals surface area contributed by atoms with Gasteiger partial charge in [0.05, 0.1) is 0 Å². The highest BCUT2D eigenvalue weighted by Gasteiger charge is 2.32. The summed E-state index contributed by atoms with van der Waals surface area (Å²) in [7, 11) is -3.24. The van der Waals surface area contributed by atoms with E-state index in [1.165, 1.54) is 5.57 Å². The van der Waals surface area contributed by atoms with Crippen molar-refractivity contribution in [3.63, 3.8) is 0 Å². The van der Waals surface area contributed by atoms with Gasteiger partial charge in [-0.25, -0.2) is 0 Å². The fourth-order valence-corrected chi connectivity index (χ4v) is 4.56. The summed E-state index contributed by atoms with van der Waals surface area (Å²) in [5, 5.41) is 0. The highest BCUT2D eigenvalue weighted by atomic mass is 32.2. The van der Waals surface area contributed by atoms with Crippen LogP contribution < -0.4 is 0 Å². The van der Waals surface area contributed by atoms with E-state index in [9.17, 15) is 8.42 Å². The Bertz CT molecular complexity index is 442.